The average Bonchev–Trinajstić information content (AvgIpc) is 3.13. The van der Waals surface area contributed by atoms with Crippen LogP contribution in [0.2, 0.25) is 5.15 Å². The maximum absolute atomic E-state index is 12.6. The second-order valence-corrected chi connectivity index (χ2v) is 7.54. The number of para-hydroxylation sites is 1. The number of hydrogen-bond acceptors (Lipinski definition) is 3. The van der Waals surface area contributed by atoms with E-state index in [1.54, 1.807) is 0 Å². The number of halogens is 1. The first-order valence-electron chi connectivity index (χ1n) is 8.49. The summed E-state index contributed by atoms with van der Waals surface area (Å²) in [6.45, 7) is 2.63. The van der Waals surface area contributed by atoms with Gasteiger partial charge in [0.1, 0.15) is 5.15 Å². The number of rotatable bonds is 4. The van der Waals surface area contributed by atoms with E-state index in [2.05, 4.69) is 41.5 Å². The van der Waals surface area contributed by atoms with Gasteiger partial charge in [-0.2, -0.15) is 0 Å². The van der Waals surface area contributed by atoms with Gasteiger partial charge in [-0.1, -0.05) is 61.0 Å². The molecule has 0 radical (unpaired) electrons. The molecule has 2 aromatic carbocycles. The lowest BCUT2D eigenvalue weighted by Crippen LogP contribution is -2.21. The number of fused-ring (bicyclic) bond motifs is 3. The van der Waals surface area contributed by atoms with Gasteiger partial charge in [0.2, 0.25) is 0 Å². The van der Waals surface area contributed by atoms with Crippen LogP contribution in [0.3, 0.4) is 0 Å². The van der Waals surface area contributed by atoms with Gasteiger partial charge in [-0.05, 0) is 29.7 Å². The molecule has 0 spiro atoms. The lowest BCUT2D eigenvalue weighted by atomic mass is 10.1. The SMILES string of the molecule is CCc1ccc(CNC(=O)c2cc3c(Cl)nc4ccccc4c3s2)cc1. The Kier molecular flexibility index (Phi) is 4.62. The van der Waals surface area contributed by atoms with E-state index in [9.17, 15) is 4.79 Å². The van der Waals surface area contributed by atoms with Crippen LogP contribution in [0.1, 0.15) is 27.7 Å². The number of aryl methyl sites for hydroxylation is 1. The molecule has 0 aliphatic rings. The Morgan fingerprint density at radius 3 is 2.58 bits per heavy atom. The smallest absolute Gasteiger partial charge is 0.261 e. The van der Waals surface area contributed by atoms with E-state index >= 15 is 0 Å². The Hall–Kier alpha value is -2.43. The number of carbonyl (C=O) groups excluding carboxylic acids is 1. The second-order valence-electron chi connectivity index (χ2n) is 6.13. The van der Waals surface area contributed by atoms with Crippen molar-refractivity contribution < 1.29 is 4.79 Å². The highest BCUT2D eigenvalue weighted by atomic mass is 35.5. The Balaban J connectivity index is 1.60. The van der Waals surface area contributed by atoms with Crippen molar-refractivity contribution in [3.8, 4) is 0 Å². The maximum Gasteiger partial charge on any atom is 0.261 e. The number of nitrogens with one attached hydrogen (secondary N) is 1. The molecular weight excluding hydrogens is 364 g/mol. The predicted octanol–water partition coefficient (Wildman–Crippen LogP) is 5.60. The van der Waals surface area contributed by atoms with Crippen molar-refractivity contribution in [1.29, 1.82) is 0 Å². The fourth-order valence-electron chi connectivity index (χ4n) is 2.95. The van der Waals surface area contributed by atoms with Gasteiger partial charge in [0.15, 0.2) is 0 Å². The molecule has 0 saturated heterocycles. The van der Waals surface area contributed by atoms with E-state index in [0.717, 1.165) is 33.0 Å². The normalized spacial score (nSPS) is 11.2. The summed E-state index contributed by atoms with van der Waals surface area (Å²) in [6.07, 6.45) is 1.01. The molecule has 2 heterocycles. The first-order valence-corrected chi connectivity index (χ1v) is 9.69. The maximum atomic E-state index is 12.6. The molecule has 1 amide bonds. The Morgan fingerprint density at radius 2 is 1.81 bits per heavy atom. The number of amides is 1. The summed E-state index contributed by atoms with van der Waals surface area (Å²) in [5, 5.41) is 5.27. The third kappa shape index (κ3) is 3.18. The quantitative estimate of drug-likeness (QED) is 0.468. The Bertz CT molecular complexity index is 1100. The van der Waals surface area contributed by atoms with Gasteiger partial charge in [0.25, 0.3) is 5.91 Å². The highest BCUT2D eigenvalue weighted by Crippen LogP contribution is 2.35. The fraction of sp³-hybridized carbons (Fsp3) is 0.143. The van der Waals surface area contributed by atoms with Crippen LogP contribution >= 0.6 is 22.9 Å². The van der Waals surface area contributed by atoms with Crippen molar-refractivity contribution in [3.05, 3.63) is 75.8 Å². The largest absolute Gasteiger partial charge is 0.347 e. The van der Waals surface area contributed by atoms with E-state index in [4.69, 9.17) is 11.6 Å². The third-order valence-electron chi connectivity index (χ3n) is 4.43. The molecule has 0 atom stereocenters. The van der Waals surface area contributed by atoms with E-state index in [1.807, 2.05) is 30.3 Å². The number of pyridine rings is 1. The van der Waals surface area contributed by atoms with Crippen LogP contribution in [0, 0.1) is 0 Å². The van der Waals surface area contributed by atoms with Gasteiger partial charge in [-0.3, -0.25) is 4.79 Å². The van der Waals surface area contributed by atoms with Crippen molar-refractivity contribution in [2.75, 3.05) is 0 Å². The van der Waals surface area contributed by atoms with Crippen molar-refractivity contribution in [2.45, 2.75) is 19.9 Å². The summed E-state index contributed by atoms with van der Waals surface area (Å²) in [5.74, 6) is -0.0917. The van der Waals surface area contributed by atoms with Crippen LogP contribution in [-0.4, -0.2) is 10.9 Å². The first kappa shape index (κ1) is 17.0. The molecule has 4 rings (SSSR count). The minimum absolute atomic E-state index is 0.0917. The molecular formula is C21H17ClN2OS. The monoisotopic (exact) mass is 380 g/mol. The number of thiophene rings is 1. The zero-order valence-corrected chi connectivity index (χ0v) is 15.8. The van der Waals surface area contributed by atoms with Crippen molar-refractivity contribution >= 4 is 49.8 Å². The van der Waals surface area contributed by atoms with Gasteiger partial charge in [-0.15, -0.1) is 11.3 Å². The van der Waals surface area contributed by atoms with Crippen molar-refractivity contribution in [1.82, 2.24) is 10.3 Å². The first-order chi connectivity index (χ1) is 12.7. The molecule has 2 aromatic heterocycles. The third-order valence-corrected chi connectivity index (χ3v) is 5.88. The molecule has 130 valence electrons. The van der Waals surface area contributed by atoms with Crippen LogP contribution in [0.25, 0.3) is 21.0 Å². The Labute approximate surface area is 160 Å². The summed E-state index contributed by atoms with van der Waals surface area (Å²) in [5.41, 5.74) is 3.22. The molecule has 0 aliphatic carbocycles. The number of nitrogens with zero attached hydrogens (tertiary/aromatic N) is 1. The summed E-state index contributed by atoms with van der Waals surface area (Å²) in [4.78, 5) is 17.7. The van der Waals surface area contributed by atoms with Crippen LogP contribution in [0.5, 0.6) is 0 Å². The molecule has 0 unspecified atom stereocenters. The Morgan fingerprint density at radius 1 is 1.08 bits per heavy atom. The molecule has 26 heavy (non-hydrogen) atoms. The number of carbonyl (C=O) groups is 1. The molecule has 1 N–H and O–H groups in total. The second kappa shape index (κ2) is 7.06. The van der Waals surface area contributed by atoms with Crippen LogP contribution in [0.15, 0.2) is 54.6 Å². The van der Waals surface area contributed by atoms with Crippen LogP contribution < -0.4 is 5.32 Å². The topological polar surface area (TPSA) is 42.0 Å². The van der Waals surface area contributed by atoms with Crippen molar-refractivity contribution in [2.24, 2.45) is 0 Å². The molecule has 3 nitrogen and oxygen atoms in total. The summed E-state index contributed by atoms with van der Waals surface area (Å²) >= 11 is 7.77. The van der Waals surface area contributed by atoms with E-state index in [0.29, 0.717) is 16.6 Å². The minimum Gasteiger partial charge on any atom is -0.347 e. The van der Waals surface area contributed by atoms with Crippen LogP contribution in [0.4, 0.5) is 0 Å². The molecule has 0 aliphatic heterocycles. The fourth-order valence-corrected chi connectivity index (χ4v) is 4.35. The highest BCUT2D eigenvalue weighted by Gasteiger charge is 2.15. The van der Waals surface area contributed by atoms with E-state index in [1.165, 1.54) is 16.9 Å². The highest BCUT2D eigenvalue weighted by molar-refractivity contribution is 7.21. The molecule has 0 saturated carbocycles. The van der Waals surface area contributed by atoms with Gasteiger partial charge in [0, 0.05) is 22.0 Å². The predicted molar refractivity (Wildman–Crippen MR) is 109 cm³/mol. The molecule has 0 bridgehead atoms. The average molecular weight is 381 g/mol. The number of benzene rings is 2. The standard InChI is InChI=1S/C21H17ClN2OS/c1-2-13-7-9-14(10-8-13)12-23-21(25)18-11-16-19(26-18)15-5-3-4-6-17(15)24-20(16)22/h3-11H,2,12H2,1H3,(H,23,25). The molecule has 4 aromatic rings. The number of hydrogen-bond donors (Lipinski definition) is 1. The van der Waals surface area contributed by atoms with Crippen LogP contribution in [-0.2, 0) is 13.0 Å². The minimum atomic E-state index is -0.0917. The van der Waals surface area contributed by atoms with Gasteiger partial charge in [0.05, 0.1) is 10.4 Å². The van der Waals surface area contributed by atoms with Crippen molar-refractivity contribution in [3.63, 3.8) is 0 Å². The molecule has 0 fully saturated rings. The van der Waals surface area contributed by atoms with Gasteiger partial charge < -0.3 is 5.32 Å². The van der Waals surface area contributed by atoms with Gasteiger partial charge in [-0.25, -0.2) is 4.98 Å². The summed E-state index contributed by atoms with van der Waals surface area (Å²) in [6, 6.07) is 18.0. The summed E-state index contributed by atoms with van der Waals surface area (Å²) in [7, 11) is 0. The summed E-state index contributed by atoms with van der Waals surface area (Å²) < 4.78 is 0.998. The lowest BCUT2D eigenvalue weighted by molar-refractivity contribution is 0.0955. The number of aromatic nitrogens is 1. The zero-order valence-electron chi connectivity index (χ0n) is 14.3. The zero-order chi connectivity index (χ0) is 18.1. The van der Waals surface area contributed by atoms with E-state index < -0.39 is 0 Å². The van der Waals surface area contributed by atoms with Gasteiger partial charge >= 0.3 is 0 Å². The molecule has 5 heteroatoms. The van der Waals surface area contributed by atoms with E-state index in [-0.39, 0.29) is 5.91 Å². The lowest BCUT2D eigenvalue weighted by Gasteiger charge is -2.04.